The van der Waals surface area contributed by atoms with Gasteiger partial charge < -0.3 is 20.4 Å². The number of aliphatic carboxylic acids is 1. The molecule has 1 heterocycles. The van der Waals surface area contributed by atoms with Gasteiger partial charge in [-0.25, -0.2) is 9.59 Å². The molecule has 3 N–H and O–H groups in total. The van der Waals surface area contributed by atoms with Gasteiger partial charge in [-0.05, 0) is 18.4 Å². The molecule has 0 saturated carbocycles. The number of urea groups is 1. The summed E-state index contributed by atoms with van der Waals surface area (Å²) in [6.07, 6.45) is 0.962. The van der Waals surface area contributed by atoms with Crippen LogP contribution in [0.4, 0.5) is 4.79 Å². The van der Waals surface area contributed by atoms with Gasteiger partial charge in [0.15, 0.2) is 0 Å². The zero-order valence-electron chi connectivity index (χ0n) is 11.7. The predicted octanol–water partition coefficient (Wildman–Crippen LogP) is 0.849. The fourth-order valence-corrected chi connectivity index (χ4v) is 2.51. The molecule has 2 rings (SSSR count). The first-order valence-electron chi connectivity index (χ1n) is 7.07. The van der Waals surface area contributed by atoms with Crippen LogP contribution in [0.2, 0.25) is 0 Å². The van der Waals surface area contributed by atoms with Gasteiger partial charge in [-0.1, -0.05) is 30.3 Å². The van der Waals surface area contributed by atoms with Crippen molar-refractivity contribution >= 4 is 12.0 Å². The molecule has 0 aromatic heterocycles. The maximum absolute atomic E-state index is 12.0. The van der Waals surface area contributed by atoms with Gasteiger partial charge in [0.05, 0.1) is 6.10 Å². The molecule has 0 aliphatic carbocycles. The van der Waals surface area contributed by atoms with Crippen molar-refractivity contribution in [1.82, 2.24) is 10.2 Å². The number of carbonyl (C=O) groups is 2. The smallest absolute Gasteiger partial charge is 0.326 e. The molecule has 0 spiro atoms. The number of carbonyl (C=O) groups excluding carboxylic acids is 1. The van der Waals surface area contributed by atoms with Crippen molar-refractivity contribution in [3.63, 3.8) is 0 Å². The first kappa shape index (κ1) is 15.3. The Labute approximate surface area is 123 Å². The molecule has 1 aliphatic rings. The molecule has 1 fully saturated rings. The summed E-state index contributed by atoms with van der Waals surface area (Å²) in [6.45, 7) is 0.550. The third kappa shape index (κ3) is 4.19. The van der Waals surface area contributed by atoms with E-state index in [0.717, 1.165) is 12.8 Å². The van der Waals surface area contributed by atoms with Gasteiger partial charge in [0, 0.05) is 19.5 Å². The van der Waals surface area contributed by atoms with Crippen LogP contribution in [0.5, 0.6) is 0 Å². The fraction of sp³-hybridized carbons (Fsp3) is 0.467. The van der Waals surface area contributed by atoms with Crippen LogP contribution in [-0.2, 0) is 11.2 Å². The highest BCUT2D eigenvalue weighted by Gasteiger charge is 2.38. The van der Waals surface area contributed by atoms with Crippen molar-refractivity contribution in [3.8, 4) is 0 Å². The van der Waals surface area contributed by atoms with E-state index in [-0.39, 0.29) is 13.0 Å². The van der Waals surface area contributed by atoms with E-state index in [1.165, 1.54) is 10.5 Å². The van der Waals surface area contributed by atoms with Gasteiger partial charge in [0.25, 0.3) is 0 Å². The molecule has 1 aromatic carbocycles. The lowest BCUT2D eigenvalue weighted by atomic mass is 10.1. The third-order valence-corrected chi connectivity index (χ3v) is 3.59. The Morgan fingerprint density at radius 1 is 1.29 bits per heavy atom. The Morgan fingerprint density at radius 3 is 2.67 bits per heavy atom. The first-order valence-corrected chi connectivity index (χ1v) is 7.07. The van der Waals surface area contributed by atoms with Gasteiger partial charge in [-0.2, -0.15) is 0 Å². The Morgan fingerprint density at radius 2 is 2.00 bits per heavy atom. The number of amides is 2. The summed E-state index contributed by atoms with van der Waals surface area (Å²) in [5.41, 5.74) is 1.20. The van der Waals surface area contributed by atoms with Gasteiger partial charge in [-0.15, -0.1) is 0 Å². The maximum Gasteiger partial charge on any atom is 0.326 e. The average molecular weight is 292 g/mol. The fourth-order valence-electron chi connectivity index (χ4n) is 2.51. The number of hydrogen-bond donors (Lipinski definition) is 3. The molecular weight excluding hydrogens is 272 g/mol. The molecule has 0 bridgehead atoms. The van der Waals surface area contributed by atoms with E-state index in [1.54, 1.807) is 0 Å². The number of hydrogen-bond acceptors (Lipinski definition) is 3. The first-order chi connectivity index (χ1) is 10.1. The van der Waals surface area contributed by atoms with Crippen molar-refractivity contribution < 1.29 is 19.8 Å². The van der Waals surface area contributed by atoms with Crippen molar-refractivity contribution in [2.24, 2.45) is 0 Å². The van der Waals surface area contributed by atoms with Gasteiger partial charge >= 0.3 is 12.0 Å². The van der Waals surface area contributed by atoms with Crippen molar-refractivity contribution in [2.45, 2.75) is 31.4 Å². The number of carboxylic acid groups (broad SMARTS) is 1. The summed E-state index contributed by atoms with van der Waals surface area (Å²) in [6, 6.07) is 8.59. The number of nitrogens with one attached hydrogen (secondary N) is 1. The molecule has 2 unspecified atom stereocenters. The van der Waals surface area contributed by atoms with Crippen molar-refractivity contribution in [1.29, 1.82) is 0 Å². The van der Waals surface area contributed by atoms with Gasteiger partial charge in [0.2, 0.25) is 0 Å². The van der Waals surface area contributed by atoms with E-state index >= 15 is 0 Å². The largest absolute Gasteiger partial charge is 0.480 e. The third-order valence-electron chi connectivity index (χ3n) is 3.59. The summed E-state index contributed by atoms with van der Waals surface area (Å²) >= 11 is 0. The summed E-state index contributed by atoms with van der Waals surface area (Å²) in [5.74, 6) is -1.08. The number of aliphatic hydroxyl groups excluding tert-OH is 1. The monoisotopic (exact) mass is 292 g/mol. The van der Waals surface area contributed by atoms with Crippen LogP contribution in [0.15, 0.2) is 30.3 Å². The molecular formula is C15H20N2O4. The van der Waals surface area contributed by atoms with E-state index in [9.17, 15) is 14.7 Å². The highest BCUT2D eigenvalue weighted by atomic mass is 16.4. The number of rotatable bonds is 5. The average Bonchev–Trinajstić information content (AvgIpc) is 2.87. The van der Waals surface area contributed by atoms with E-state index < -0.39 is 24.1 Å². The van der Waals surface area contributed by atoms with Gasteiger partial charge in [-0.3, -0.25) is 0 Å². The SMILES string of the molecule is O=C(O)C1CC(O)CN1C(=O)NCCCc1ccccc1. The summed E-state index contributed by atoms with van der Waals surface area (Å²) in [7, 11) is 0. The minimum Gasteiger partial charge on any atom is -0.480 e. The number of carboxylic acids is 1. The lowest BCUT2D eigenvalue weighted by Gasteiger charge is -2.21. The Hall–Kier alpha value is -2.08. The highest BCUT2D eigenvalue weighted by molar-refractivity contribution is 5.83. The Balaban J connectivity index is 1.75. The zero-order valence-corrected chi connectivity index (χ0v) is 11.7. The molecule has 6 heteroatoms. The number of aliphatic hydroxyl groups is 1. The lowest BCUT2D eigenvalue weighted by Crippen LogP contribution is -2.46. The zero-order chi connectivity index (χ0) is 15.2. The minimum atomic E-state index is -1.08. The molecule has 0 radical (unpaired) electrons. The molecule has 1 aliphatic heterocycles. The summed E-state index contributed by atoms with van der Waals surface area (Å²) in [5, 5.41) is 21.3. The maximum atomic E-state index is 12.0. The minimum absolute atomic E-state index is 0.0709. The predicted molar refractivity (Wildman–Crippen MR) is 76.9 cm³/mol. The van der Waals surface area contributed by atoms with E-state index in [0.29, 0.717) is 6.54 Å². The van der Waals surface area contributed by atoms with Crippen LogP contribution >= 0.6 is 0 Å². The highest BCUT2D eigenvalue weighted by Crippen LogP contribution is 2.18. The number of nitrogens with zero attached hydrogens (tertiary/aromatic N) is 1. The van der Waals surface area contributed by atoms with Gasteiger partial charge in [0.1, 0.15) is 6.04 Å². The number of likely N-dealkylation sites (tertiary alicyclic amines) is 1. The molecule has 2 amide bonds. The summed E-state index contributed by atoms with van der Waals surface area (Å²) in [4.78, 5) is 24.2. The Kier molecular flexibility index (Phi) is 5.16. The van der Waals surface area contributed by atoms with E-state index in [1.807, 2.05) is 30.3 Å². The standard InChI is InChI=1S/C15H20N2O4/c18-12-9-13(14(19)20)17(10-12)15(21)16-8-4-7-11-5-2-1-3-6-11/h1-3,5-6,12-13,18H,4,7-10H2,(H,16,21)(H,19,20). The lowest BCUT2D eigenvalue weighted by molar-refractivity contribution is -0.141. The molecule has 6 nitrogen and oxygen atoms in total. The van der Waals surface area contributed by atoms with E-state index in [4.69, 9.17) is 5.11 Å². The second-order valence-corrected chi connectivity index (χ2v) is 5.22. The molecule has 21 heavy (non-hydrogen) atoms. The van der Waals surface area contributed by atoms with Crippen LogP contribution in [-0.4, -0.2) is 52.3 Å². The van der Waals surface area contributed by atoms with Crippen molar-refractivity contribution in [3.05, 3.63) is 35.9 Å². The second-order valence-electron chi connectivity index (χ2n) is 5.22. The second kappa shape index (κ2) is 7.08. The summed E-state index contributed by atoms with van der Waals surface area (Å²) < 4.78 is 0. The number of benzene rings is 1. The molecule has 1 saturated heterocycles. The topological polar surface area (TPSA) is 89.9 Å². The molecule has 1 aromatic rings. The van der Waals surface area contributed by atoms with Crippen molar-refractivity contribution in [2.75, 3.05) is 13.1 Å². The molecule has 114 valence electrons. The van der Waals surface area contributed by atoms with Crippen LogP contribution in [0, 0.1) is 0 Å². The normalized spacial score (nSPS) is 21.3. The van der Waals surface area contributed by atoms with Crippen LogP contribution < -0.4 is 5.32 Å². The quantitative estimate of drug-likeness (QED) is 0.702. The number of β-amino-alcohol motifs (C(OH)–C–C–N with tert-alkyl or cyclic N) is 1. The van der Waals surface area contributed by atoms with Crippen LogP contribution in [0.3, 0.4) is 0 Å². The van der Waals surface area contributed by atoms with Crippen LogP contribution in [0.25, 0.3) is 0 Å². The number of aryl methyl sites for hydroxylation is 1. The van der Waals surface area contributed by atoms with E-state index in [2.05, 4.69) is 5.32 Å². The van der Waals surface area contributed by atoms with Crippen LogP contribution in [0.1, 0.15) is 18.4 Å². The molecule has 2 atom stereocenters. The Bertz CT molecular complexity index is 492.